The quantitative estimate of drug-likeness (QED) is 0.796. The van der Waals surface area contributed by atoms with E-state index in [1.807, 2.05) is 6.07 Å². The maximum atomic E-state index is 11.9. The fraction of sp³-hybridized carbons (Fsp3) is 0.667. The van der Waals surface area contributed by atoms with Gasteiger partial charge in [-0.1, -0.05) is 6.42 Å². The van der Waals surface area contributed by atoms with Gasteiger partial charge in [0.05, 0.1) is 19.4 Å². The van der Waals surface area contributed by atoms with Gasteiger partial charge in [-0.2, -0.15) is 0 Å². The first kappa shape index (κ1) is 15.1. The van der Waals surface area contributed by atoms with Crippen molar-refractivity contribution in [3.63, 3.8) is 0 Å². The molecule has 3 N–H and O–H groups in total. The van der Waals surface area contributed by atoms with E-state index >= 15 is 0 Å². The Labute approximate surface area is 119 Å². The molecule has 0 bridgehead atoms. The number of nitrogens with two attached hydrogens (primary N) is 1. The Morgan fingerprint density at radius 2 is 2.35 bits per heavy atom. The molecule has 1 heterocycles. The first-order valence-corrected chi connectivity index (χ1v) is 7.32. The Morgan fingerprint density at radius 3 is 3.05 bits per heavy atom. The molecular formula is C15H24N2O3. The summed E-state index contributed by atoms with van der Waals surface area (Å²) in [5.41, 5.74) is 5.75. The molecule has 1 amide bonds. The monoisotopic (exact) mass is 280 g/mol. The van der Waals surface area contributed by atoms with Gasteiger partial charge in [-0.25, -0.2) is 0 Å². The molecule has 0 spiro atoms. The highest BCUT2D eigenvalue weighted by Gasteiger charge is 2.27. The Bertz CT molecular complexity index is 405. The third-order valence-electron chi connectivity index (χ3n) is 4.07. The molecule has 0 aliphatic heterocycles. The molecule has 0 saturated heterocycles. The van der Waals surface area contributed by atoms with E-state index in [4.69, 9.17) is 14.9 Å². The summed E-state index contributed by atoms with van der Waals surface area (Å²) in [7, 11) is 0. The van der Waals surface area contributed by atoms with Gasteiger partial charge in [0.15, 0.2) is 0 Å². The number of ether oxygens (including phenoxy) is 1. The average molecular weight is 280 g/mol. The van der Waals surface area contributed by atoms with Crippen molar-refractivity contribution in [2.75, 3.05) is 13.2 Å². The van der Waals surface area contributed by atoms with Gasteiger partial charge in [0.25, 0.3) is 0 Å². The molecule has 1 saturated carbocycles. The second-order valence-corrected chi connectivity index (χ2v) is 5.46. The molecule has 20 heavy (non-hydrogen) atoms. The summed E-state index contributed by atoms with van der Waals surface area (Å²) in [6.07, 6.45) is 4.71. The van der Waals surface area contributed by atoms with Crippen LogP contribution in [0.1, 0.15) is 31.9 Å². The summed E-state index contributed by atoms with van der Waals surface area (Å²) in [4.78, 5) is 11.9. The number of hydrogen-bond acceptors (Lipinski definition) is 4. The Hall–Kier alpha value is -1.33. The molecule has 1 aromatic heterocycles. The smallest absolute Gasteiger partial charge is 0.249 e. The van der Waals surface area contributed by atoms with Crippen molar-refractivity contribution >= 4 is 5.91 Å². The third kappa shape index (κ3) is 4.08. The van der Waals surface area contributed by atoms with Crippen LogP contribution in [0.2, 0.25) is 0 Å². The van der Waals surface area contributed by atoms with Crippen LogP contribution in [0.3, 0.4) is 0 Å². The minimum Gasteiger partial charge on any atom is -0.467 e. The van der Waals surface area contributed by atoms with Gasteiger partial charge < -0.3 is 20.2 Å². The first-order valence-electron chi connectivity index (χ1n) is 7.32. The summed E-state index contributed by atoms with van der Waals surface area (Å²) in [6, 6.07) is 3.63. The molecule has 0 aromatic carbocycles. The zero-order valence-electron chi connectivity index (χ0n) is 12.0. The number of amides is 1. The molecule has 1 aliphatic carbocycles. The second kappa shape index (κ2) is 7.45. The lowest BCUT2D eigenvalue weighted by molar-refractivity contribution is -0.133. The fourth-order valence-electron chi connectivity index (χ4n) is 2.72. The normalized spacial score (nSPS) is 23.7. The molecule has 2 rings (SSSR count). The van der Waals surface area contributed by atoms with Crippen molar-refractivity contribution < 1.29 is 13.9 Å². The summed E-state index contributed by atoms with van der Waals surface area (Å²) in [5.74, 6) is 1.68. The molecule has 5 heteroatoms. The minimum atomic E-state index is -0.441. The summed E-state index contributed by atoms with van der Waals surface area (Å²) < 4.78 is 10.9. The molecule has 5 nitrogen and oxygen atoms in total. The van der Waals surface area contributed by atoms with E-state index < -0.39 is 6.10 Å². The van der Waals surface area contributed by atoms with E-state index in [0.717, 1.165) is 12.2 Å². The second-order valence-electron chi connectivity index (χ2n) is 5.46. The van der Waals surface area contributed by atoms with Crippen LogP contribution in [0.4, 0.5) is 0 Å². The number of carbonyl (C=O) groups excluding carboxylic acids is 1. The maximum absolute atomic E-state index is 11.9. The van der Waals surface area contributed by atoms with E-state index in [0.29, 0.717) is 31.5 Å². The zero-order valence-corrected chi connectivity index (χ0v) is 12.0. The van der Waals surface area contributed by atoms with Gasteiger partial charge in [0.1, 0.15) is 11.9 Å². The van der Waals surface area contributed by atoms with Crippen LogP contribution in [0, 0.1) is 11.8 Å². The van der Waals surface area contributed by atoms with Crippen molar-refractivity contribution in [2.24, 2.45) is 17.6 Å². The fourth-order valence-corrected chi connectivity index (χ4v) is 2.72. The van der Waals surface area contributed by atoms with E-state index in [-0.39, 0.29) is 5.91 Å². The van der Waals surface area contributed by atoms with Crippen LogP contribution < -0.4 is 11.1 Å². The van der Waals surface area contributed by atoms with Crippen LogP contribution in [-0.4, -0.2) is 25.2 Å². The molecule has 0 radical (unpaired) electrons. The van der Waals surface area contributed by atoms with Crippen LogP contribution in [0.5, 0.6) is 0 Å². The van der Waals surface area contributed by atoms with Gasteiger partial charge in [-0.15, -0.1) is 0 Å². The number of carbonyl (C=O) groups is 1. The molecular weight excluding hydrogens is 256 g/mol. The molecule has 3 atom stereocenters. The van der Waals surface area contributed by atoms with E-state index in [2.05, 4.69) is 5.32 Å². The van der Waals surface area contributed by atoms with Crippen LogP contribution >= 0.6 is 0 Å². The van der Waals surface area contributed by atoms with Gasteiger partial charge in [-0.3, -0.25) is 4.79 Å². The van der Waals surface area contributed by atoms with Gasteiger partial charge >= 0.3 is 0 Å². The standard InChI is InChI=1S/C15H24N2O3/c1-11(15(18)17-9-14-6-3-7-19-14)20-10-13-5-2-4-12(13)8-16/h3,6-7,11-13H,2,4-5,8-10,16H2,1H3,(H,17,18). The molecule has 1 fully saturated rings. The van der Waals surface area contributed by atoms with E-state index in [1.54, 1.807) is 19.3 Å². The highest BCUT2D eigenvalue weighted by molar-refractivity contribution is 5.80. The van der Waals surface area contributed by atoms with Crippen LogP contribution in [-0.2, 0) is 16.1 Å². The summed E-state index contributed by atoms with van der Waals surface area (Å²) >= 11 is 0. The van der Waals surface area contributed by atoms with E-state index in [9.17, 15) is 4.79 Å². The van der Waals surface area contributed by atoms with Crippen molar-refractivity contribution in [3.8, 4) is 0 Å². The number of hydrogen-bond donors (Lipinski definition) is 2. The lowest BCUT2D eigenvalue weighted by Gasteiger charge is -2.20. The lowest BCUT2D eigenvalue weighted by atomic mass is 9.97. The lowest BCUT2D eigenvalue weighted by Crippen LogP contribution is -2.35. The largest absolute Gasteiger partial charge is 0.467 e. The van der Waals surface area contributed by atoms with Crippen LogP contribution in [0.15, 0.2) is 22.8 Å². The predicted octanol–water partition coefficient (Wildman–Crippen LogP) is 1.68. The predicted molar refractivity (Wildman–Crippen MR) is 75.9 cm³/mol. The molecule has 1 aliphatic rings. The molecule has 112 valence electrons. The van der Waals surface area contributed by atoms with Crippen molar-refractivity contribution in [3.05, 3.63) is 24.2 Å². The van der Waals surface area contributed by atoms with Gasteiger partial charge in [0, 0.05) is 0 Å². The van der Waals surface area contributed by atoms with Crippen molar-refractivity contribution in [1.82, 2.24) is 5.32 Å². The van der Waals surface area contributed by atoms with Gasteiger partial charge in [0.2, 0.25) is 5.91 Å². The summed E-state index contributed by atoms with van der Waals surface area (Å²) in [6.45, 7) is 3.52. The average Bonchev–Trinajstić information content (AvgIpc) is 3.12. The topological polar surface area (TPSA) is 77.5 Å². The zero-order chi connectivity index (χ0) is 14.4. The SMILES string of the molecule is CC(OCC1CCCC1CN)C(=O)NCc1ccco1. The van der Waals surface area contributed by atoms with E-state index in [1.165, 1.54) is 12.8 Å². The van der Waals surface area contributed by atoms with Gasteiger partial charge in [-0.05, 0) is 50.3 Å². The summed E-state index contributed by atoms with van der Waals surface area (Å²) in [5, 5.41) is 2.80. The highest BCUT2D eigenvalue weighted by Crippen LogP contribution is 2.31. The maximum Gasteiger partial charge on any atom is 0.249 e. The number of rotatable bonds is 7. The third-order valence-corrected chi connectivity index (χ3v) is 4.07. The Morgan fingerprint density at radius 1 is 1.55 bits per heavy atom. The Balaban J connectivity index is 1.68. The number of furan rings is 1. The minimum absolute atomic E-state index is 0.108. The van der Waals surface area contributed by atoms with Crippen molar-refractivity contribution in [2.45, 2.75) is 38.8 Å². The first-order chi connectivity index (χ1) is 9.70. The van der Waals surface area contributed by atoms with Crippen molar-refractivity contribution in [1.29, 1.82) is 0 Å². The Kier molecular flexibility index (Phi) is 5.61. The molecule has 3 unspecified atom stereocenters. The highest BCUT2D eigenvalue weighted by atomic mass is 16.5. The number of nitrogens with one attached hydrogen (secondary N) is 1. The molecule has 1 aromatic rings. The van der Waals surface area contributed by atoms with Crippen LogP contribution in [0.25, 0.3) is 0 Å².